The van der Waals surface area contributed by atoms with E-state index in [-0.39, 0.29) is 17.4 Å². The van der Waals surface area contributed by atoms with Gasteiger partial charge in [-0.2, -0.15) is 0 Å². The molecule has 0 radical (unpaired) electrons. The number of rotatable bonds is 6. The molecule has 0 aliphatic carbocycles. The molecule has 1 heterocycles. The van der Waals surface area contributed by atoms with E-state index in [0.717, 1.165) is 0 Å². The fourth-order valence-corrected chi connectivity index (χ4v) is 2.02. The lowest BCUT2D eigenvalue weighted by atomic mass is 10.3. The van der Waals surface area contributed by atoms with Crippen LogP contribution in [0.15, 0.2) is 17.2 Å². The van der Waals surface area contributed by atoms with Crippen molar-refractivity contribution in [1.29, 1.82) is 0 Å². The van der Waals surface area contributed by atoms with Crippen molar-refractivity contribution in [2.75, 3.05) is 23.3 Å². The Morgan fingerprint density at radius 1 is 1.50 bits per heavy atom. The number of alkyl halides is 3. The Hall–Kier alpha value is -0.980. The van der Waals surface area contributed by atoms with E-state index in [1.54, 1.807) is 6.20 Å². The van der Waals surface area contributed by atoms with Crippen molar-refractivity contribution < 1.29 is 8.78 Å². The quantitative estimate of drug-likeness (QED) is 0.754. The van der Waals surface area contributed by atoms with Crippen molar-refractivity contribution in [3.8, 4) is 0 Å². The normalized spacial score (nSPS) is 11.3. The van der Waals surface area contributed by atoms with E-state index in [1.807, 2.05) is 13.8 Å². The molecule has 102 valence electrons. The average Bonchev–Trinajstić information content (AvgIpc) is 2.27. The minimum Gasteiger partial charge on any atom is -0.345 e. The minimum absolute atomic E-state index is 0.0309. The first-order valence-electron chi connectivity index (χ1n) is 5.63. The molecule has 0 bridgehead atoms. The fourth-order valence-electron chi connectivity index (χ4n) is 1.59. The van der Waals surface area contributed by atoms with Crippen LogP contribution < -0.4 is 10.5 Å². The number of hydrogen-bond acceptors (Lipinski definition) is 3. The van der Waals surface area contributed by atoms with Crippen LogP contribution in [-0.4, -0.2) is 34.4 Å². The van der Waals surface area contributed by atoms with Gasteiger partial charge in [-0.05, 0) is 13.8 Å². The number of aromatic nitrogens is 2. The summed E-state index contributed by atoms with van der Waals surface area (Å²) in [6.45, 7) is 3.53. The van der Waals surface area contributed by atoms with Crippen LogP contribution in [0, 0.1) is 0 Å². The molecule has 0 aliphatic rings. The lowest BCUT2D eigenvalue weighted by molar-refractivity contribution is 0.155. The molecule has 7 heteroatoms. The van der Waals surface area contributed by atoms with E-state index in [4.69, 9.17) is 0 Å². The highest BCUT2D eigenvalue weighted by Gasteiger charge is 2.18. The standard InChI is InChI=1S/C11H16BrF2N3O/c1-8(2)17-6-4-15-10(11(17)18)16(5-3-12)7-9(13)14/h4,6,8-9H,3,5,7H2,1-2H3. The second-order valence-corrected chi connectivity index (χ2v) is 4.88. The van der Waals surface area contributed by atoms with Gasteiger partial charge in [-0.3, -0.25) is 4.79 Å². The van der Waals surface area contributed by atoms with E-state index in [2.05, 4.69) is 20.9 Å². The molecule has 1 aromatic heterocycles. The summed E-state index contributed by atoms with van der Waals surface area (Å²) < 4.78 is 26.5. The van der Waals surface area contributed by atoms with Gasteiger partial charge in [0, 0.05) is 30.3 Å². The lowest BCUT2D eigenvalue weighted by Crippen LogP contribution is -2.37. The van der Waals surface area contributed by atoms with Gasteiger partial charge in [0.05, 0.1) is 6.54 Å². The molecule has 0 aromatic carbocycles. The van der Waals surface area contributed by atoms with E-state index >= 15 is 0 Å². The summed E-state index contributed by atoms with van der Waals surface area (Å²) in [7, 11) is 0. The third-order valence-electron chi connectivity index (χ3n) is 2.42. The molecule has 1 rings (SSSR count). The van der Waals surface area contributed by atoms with Gasteiger partial charge in [0.15, 0.2) is 5.82 Å². The fraction of sp³-hybridized carbons (Fsp3) is 0.636. The van der Waals surface area contributed by atoms with Crippen molar-refractivity contribution in [3.63, 3.8) is 0 Å². The van der Waals surface area contributed by atoms with Gasteiger partial charge in [-0.25, -0.2) is 13.8 Å². The highest BCUT2D eigenvalue weighted by Crippen LogP contribution is 2.09. The first kappa shape index (κ1) is 15.1. The van der Waals surface area contributed by atoms with Gasteiger partial charge in [-0.15, -0.1) is 0 Å². The predicted molar refractivity (Wildman–Crippen MR) is 70.9 cm³/mol. The summed E-state index contributed by atoms with van der Waals surface area (Å²) in [5.74, 6) is 0.0750. The van der Waals surface area contributed by atoms with Crippen molar-refractivity contribution in [2.24, 2.45) is 0 Å². The monoisotopic (exact) mass is 323 g/mol. The number of nitrogens with zero attached hydrogens (tertiary/aromatic N) is 3. The highest BCUT2D eigenvalue weighted by molar-refractivity contribution is 9.09. The Kier molecular flexibility index (Phi) is 5.71. The second-order valence-electron chi connectivity index (χ2n) is 4.08. The predicted octanol–water partition coefficient (Wildman–Crippen LogP) is 2.29. The smallest absolute Gasteiger partial charge is 0.293 e. The number of halogens is 3. The number of hydrogen-bond donors (Lipinski definition) is 0. The molecule has 0 saturated heterocycles. The molecule has 0 aliphatic heterocycles. The van der Waals surface area contributed by atoms with Crippen LogP contribution >= 0.6 is 15.9 Å². The maximum atomic E-state index is 12.5. The van der Waals surface area contributed by atoms with E-state index in [1.165, 1.54) is 15.7 Å². The maximum Gasteiger partial charge on any atom is 0.293 e. The van der Waals surface area contributed by atoms with Crippen LogP contribution in [0.25, 0.3) is 0 Å². The lowest BCUT2D eigenvalue weighted by Gasteiger charge is -2.22. The molecule has 1 aromatic rings. The van der Waals surface area contributed by atoms with E-state index in [9.17, 15) is 13.6 Å². The molecule has 0 N–H and O–H groups in total. The maximum absolute atomic E-state index is 12.5. The highest BCUT2D eigenvalue weighted by atomic mass is 79.9. The van der Waals surface area contributed by atoms with Gasteiger partial charge < -0.3 is 9.47 Å². The molecule has 0 fully saturated rings. The van der Waals surface area contributed by atoms with Crippen molar-refractivity contribution in [1.82, 2.24) is 9.55 Å². The third kappa shape index (κ3) is 3.76. The van der Waals surface area contributed by atoms with Gasteiger partial charge in [-0.1, -0.05) is 15.9 Å². The molecule has 0 unspecified atom stereocenters. The Morgan fingerprint density at radius 2 is 2.17 bits per heavy atom. The Bertz CT molecular complexity index is 437. The zero-order valence-electron chi connectivity index (χ0n) is 10.3. The van der Waals surface area contributed by atoms with Crippen LogP contribution in [0.5, 0.6) is 0 Å². The molecule has 0 atom stereocenters. The molecular formula is C11H16BrF2N3O. The Morgan fingerprint density at radius 3 is 2.67 bits per heavy atom. The average molecular weight is 324 g/mol. The summed E-state index contributed by atoms with van der Waals surface area (Å²) >= 11 is 3.19. The van der Waals surface area contributed by atoms with Crippen molar-refractivity contribution in [2.45, 2.75) is 26.3 Å². The molecule has 0 saturated carbocycles. The second kappa shape index (κ2) is 6.82. The van der Waals surface area contributed by atoms with Crippen LogP contribution in [0.3, 0.4) is 0 Å². The zero-order chi connectivity index (χ0) is 13.7. The van der Waals surface area contributed by atoms with E-state index in [0.29, 0.717) is 11.9 Å². The topological polar surface area (TPSA) is 38.1 Å². The van der Waals surface area contributed by atoms with Crippen LogP contribution in [-0.2, 0) is 0 Å². The first-order valence-corrected chi connectivity index (χ1v) is 6.75. The SMILES string of the molecule is CC(C)n1ccnc(N(CCBr)CC(F)F)c1=O. The summed E-state index contributed by atoms with van der Waals surface area (Å²) in [5.41, 5.74) is -0.339. The van der Waals surface area contributed by atoms with Gasteiger partial charge in [0.1, 0.15) is 0 Å². The summed E-state index contributed by atoms with van der Waals surface area (Å²) in [6.07, 6.45) is 0.521. The summed E-state index contributed by atoms with van der Waals surface area (Å²) in [6, 6.07) is -0.0309. The first-order chi connectivity index (χ1) is 8.47. The zero-order valence-corrected chi connectivity index (χ0v) is 11.9. The molecular weight excluding hydrogens is 308 g/mol. The molecule has 0 spiro atoms. The van der Waals surface area contributed by atoms with E-state index < -0.39 is 13.0 Å². The minimum atomic E-state index is -2.50. The van der Waals surface area contributed by atoms with Gasteiger partial charge in [0.25, 0.3) is 12.0 Å². The third-order valence-corrected chi connectivity index (χ3v) is 2.77. The van der Waals surface area contributed by atoms with Crippen LogP contribution in [0.4, 0.5) is 14.6 Å². The van der Waals surface area contributed by atoms with Crippen molar-refractivity contribution >= 4 is 21.7 Å². The van der Waals surface area contributed by atoms with Crippen LogP contribution in [0.2, 0.25) is 0 Å². The van der Waals surface area contributed by atoms with Crippen LogP contribution in [0.1, 0.15) is 19.9 Å². The van der Waals surface area contributed by atoms with Gasteiger partial charge >= 0.3 is 0 Å². The largest absolute Gasteiger partial charge is 0.345 e. The Balaban J connectivity index is 3.12. The molecule has 18 heavy (non-hydrogen) atoms. The Labute approximate surface area is 113 Å². The molecule has 4 nitrogen and oxygen atoms in total. The summed E-state index contributed by atoms with van der Waals surface area (Å²) in [4.78, 5) is 17.3. The summed E-state index contributed by atoms with van der Waals surface area (Å²) in [5, 5.41) is 0.497. The number of anilines is 1. The van der Waals surface area contributed by atoms with Gasteiger partial charge in [0.2, 0.25) is 0 Å². The molecule has 0 amide bonds. The van der Waals surface area contributed by atoms with Crippen molar-refractivity contribution in [3.05, 3.63) is 22.7 Å².